The molecule has 1 aliphatic carbocycles. The van der Waals surface area contributed by atoms with Crippen molar-refractivity contribution < 1.29 is 17.9 Å². The van der Waals surface area contributed by atoms with Crippen molar-refractivity contribution >= 4 is 5.90 Å². The van der Waals surface area contributed by atoms with Crippen LogP contribution in [0.1, 0.15) is 25.3 Å². The number of nitrogens with zero attached hydrogens (tertiary/aromatic N) is 2. The summed E-state index contributed by atoms with van der Waals surface area (Å²) >= 11 is 0. The first-order valence-electron chi connectivity index (χ1n) is 6.65. The first kappa shape index (κ1) is 13.9. The summed E-state index contributed by atoms with van der Waals surface area (Å²) in [5.41, 5.74) is -3.49. The molecule has 0 N–H and O–H groups in total. The summed E-state index contributed by atoms with van der Waals surface area (Å²) in [6.45, 7) is 1.36. The molecule has 6 heteroatoms. The molecule has 0 amide bonds. The summed E-state index contributed by atoms with van der Waals surface area (Å²) in [5, 5.41) is 8.99. The zero-order valence-electron chi connectivity index (χ0n) is 11.3. The number of ether oxygens (including phenoxy) is 1. The predicted octanol–water partition coefficient (Wildman–Crippen LogP) is 3.20. The summed E-state index contributed by atoms with van der Waals surface area (Å²) in [6, 6.07) is 7.26. The van der Waals surface area contributed by atoms with Crippen molar-refractivity contribution in [2.45, 2.75) is 43.2 Å². The average molecular weight is 294 g/mol. The second-order valence-corrected chi connectivity index (χ2v) is 5.63. The molecule has 0 radical (unpaired) electrons. The number of halogens is 3. The van der Waals surface area contributed by atoms with Crippen molar-refractivity contribution in [3.8, 4) is 6.07 Å². The van der Waals surface area contributed by atoms with E-state index in [1.54, 1.807) is 12.1 Å². The predicted molar refractivity (Wildman–Crippen MR) is 69.6 cm³/mol. The van der Waals surface area contributed by atoms with E-state index in [2.05, 4.69) is 4.99 Å². The van der Waals surface area contributed by atoms with Gasteiger partial charge in [-0.1, -0.05) is 18.2 Å². The fourth-order valence-electron chi connectivity index (χ4n) is 2.68. The Balaban J connectivity index is 2.11. The van der Waals surface area contributed by atoms with Crippen molar-refractivity contribution in [3.05, 3.63) is 35.6 Å². The molecule has 0 bridgehead atoms. The van der Waals surface area contributed by atoms with Gasteiger partial charge < -0.3 is 4.74 Å². The van der Waals surface area contributed by atoms with Gasteiger partial charge in [0.2, 0.25) is 0 Å². The molecule has 0 spiro atoms. The number of benzene rings is 1. The SMILES string of the molecule is C[C@]1(c2ccccc2F)N=C(C#N)O[C@H](C2(F)CC2)[C@@H]1F. The van der Waals surface area contributed by atoms with Crippen LogP contribution in [0, 0.1) is 17.1 Å². The fourth-order valence-corrected chi connectivity index (χ4v) is 2.68. The largest absolute Gasteiger partial charge is 0.460 e. The van der Waals surface area contributed by atoms with E-state index in [-0.39, 0.29) is 18.4 Å². The first-order valence-corrected chi connectivity index (χ1v) is 6.65. The number of nitriles is 1. The lowest BCUT2D eigenvalue weighted by Crippen LogP contribution is -2.52. The zero-order valence-corrected chi connectivity index (χ0v) is 11.3. The molecule has 3 rings (SSSR count). The monoisotopic (exact) mass is 294 g/mol. The highest BCUT2D eigenvalue weighted by Gasteiger charge is 2.62. The third kappa shape index (κ3) is 2.08. The molecule has 0 aromatic heterocycles. The topological polar surface area (TPSA) is 45.4 Å². The smallest absolute Gasteiger partial charge is 0.292 e. The molecule has 1 saturated carbocycles. The Kier molecular flexibility index (Phi) is 2.97. The Bertz CT molecular complexity index is 651. The summed E-state index contributed by atoms with van der Waals surface area (Å²) in [6.07, 6.45) is -2.97. The molecule has 1 heterocycles. The van der Waals surface area contributed by atoms with Crippen molar-refractivity contribution in [2.75, 3.05) is 0 Å². The van der Waals surface area contributed by atoms with Crippen LogP contribution in [0.5, 0.6) is 0 Å². The van der Waals surface area contributed by atoms with E-state index in [0.29, 0.717) is 0 Å². The molecule has 3 nitrogen and oxygen atoms in total. The molecule has 2 aliphatic rings. The summed E-state index contributed by atoms with van der Waals surface area (Å²) in [5.74, 6) is -1.06. The Hall–Kier alpha value is -2.03. The first-order chi connectivity index (χ1) is 9.90. The lowest BCUT2D eigenvalue weighted by atomic mass is 9.82. The molecule has 3 atom stereocenters. The molecule has 110 valence electrons. The van der Waals surface area contributed by atoms with E-state index in [1.165, 1.54) is 25.1 Å². The molecule has 0 saturated heterocycles. The number of rotatable bonds is 2. The van der Waals surface area contributed by atoms with Gasteiger partial charge in [-0.2, -0.15) is 5.26 Å². The minimum absolute atomic E-state index is 0.0113. The van der Waals surface area contributed by atoms with Crippen molar-refractivity contribution in [3.63, 3.8) is 0 Å². The van der Waals surface area contributed by atoms with Gasteiger partial charge in [0.1, 0.15) is 11.4 Å². The van der Waals surface area contributed by atoms with Crippen LogP contribution in [-0.4, -0.2) is 23.8 Å². The van der Waals surface area contributed by atoms with Gasteiger partial charge in [0.25, 0.3) is 5.90 Å². The van der Waals surface area contributed by atoms with Gasteiger partial charge in [0, 0.05) is 5.56 Å². The Labute approximate surface area is 120 Å². The van der Waals surface area contributed by atoms with Gasteiger partial charge >= 0.3 is 0 Å². The van der Waals surface area contributed by atoms with Crippen LogP contribution in [-0.2, 0) is 10.3 Å². The van der Waals surface area contributed by atoms with Crippen molar-refractivity contribution in [1.29, 1.82) is 5.26 Å². The van der Waals surface area contributed by atoms with Crippen LogP contribution in [0.15, 0.2) is 29.3 Å². The highest BCUT2D eigenvalue weighted by Crippen LogP contribution is 2.51. The molecule has 1 aliphatic heterocycles. The van der Waals surface area contributed by atoms with Gasteiger partial charge in [0.05, 0.1) is 0 Å². The minimum Gasteiger partial charge on any atom is -0.460 e. The maximum Gasteiger partial charge on any atom is 0.292 e. The fraction of sp³-hybridized carbons (Fsp3) is 0.467. The normalized spacial score (nSPS) is 33.6. The van der Waals surface area contributed by atoms with Crippen LogP contribution < -0.4 is 0 Å². The number of alkyl halides is 2. The van der Waals surface area contributed by atoms with E-state index < -0.39 is 35.2 Å². The highest BCUT2D eigenvalue weighted by molar-refractivity contribution is 5.92. The molecule has 0 unspecified atom stereocenters. The molecule has 1 fully saturated rings. The van der Waals surface area contributed by atoms with E-state index in [0.717, 1.165) is 0 Å². The second kappa shape index (κ2) is 4.48. The van der Waals surface area contributed by atoms with E-state index in [9.17, 15) is 13.2 Å². The number of hydrogen-bond donors (Lipinski definition) is 0. The van der Waals surface area contributed by atoms with Gasteiger partial charge in [-0.25, -0.2) is 18.2 Å². The third-order valence-electron chi connectivity index (χ3n) is 4.13. The lowest BCUT2D eigenvalue weighted by molar-refractivity contribution is -0.0361. The summed E-state index contributed by atoms with van der Waals surface area (Å²) in [7, 11) is 0. The van der Waals surface area contributed by atoms with Gasteiger partial charge in [-0.3, -0.25) is 0 Å². The Morgan fingerprint density at radius 3 is 2.62 bits per heavy atom. The lowest BCUT2D eigenvalue weighted by Gasteiger charge is -2.39. The average Bonchev–Trinajstić information content (AvgIpc) is 3.21. The maximum atomic E-state index is 14.9. The molecule has 21 heavy (non-hydrogen) atoms. The molecular formula is C15H13F3N2O. The number of hydrogen-bond acceptors (Lipinski definition) is 3. The van der Waals surface area contributed by atoms with Crippen LogP contribution >= 0.6 is 0 Å². The molecular weight excluding hydrogens is 281 g/mol. The second-order valence-electron chi connectivity index (χ2n) is 5.63. The molecule has 1 aromatic rings. The Morgan fingerprint density at radius 1 is 1.38 bits per heavy atom. The van der Waals surface area contributed by atoms with Crippen LogP contribution in [0.4, 0.5) is 13.2 Å². The quantitative estimate of drug-likeness (QED) is 0.840. The van der Waals surface area contributed by atoms with Crippen molar-refractivity contribution in [2.24, 2.45) is 4.99 Å². The summed E-state index contributed by atoms with van der Waals surface area (Å²) < 4.78 is 48.2. The van der Waals surface area contributed by atoms with E-state index in [1.807, 2.05) is 0 Å². The highest BCUT2D eigenvalue weighted by atomic mass is 19.2. The third-order valence-corrected chi connectivity index (χ3v) is 4.13. The van der Waals surface area contributed by atoms with Gasteiger partial charge in [-0.15, -0.1) is 0 Å². The maximum absolute atomic E-state index is 14.9. The van der Waals surface area contributed by atoms with Gasteiger partial charge in [0.15, 0.2) is 24.0 Å². The van der Waals surface area contributed by atoms with E-state index >= 15 is 0 Å². The molecule has 1 aromatic carbocycles. The van der Waals surface area contributed by atoms with E-state index in [4.69, 9.17) is 10.00 Å². The zero-order chi connectivity index (χ0) is 15.3. The van der Waals surface area contributed by atoms with Crippen LogP contribution in [0.3, 0.4) is 0 Å². The standard InChI is InChI=1S/C15H13F3N2O/c1-14(9-4-2-3-5-10(9)16)12(17)13(15(18)6-7-15)21-11(8-19)20-14/h2-5,12-13H,6-7H2,1H3/t12-,13-,14+/m0/s1. The van der Waals surface area contributed by atoms with Crippen LogP contribution in [0.25, 0.3) is 0 Å². The van der Waals surface area contributed by atoms with Crippen molar-refractivity contribution in [1.82, 2.24) is 0 Å². The van der Waals surface area contributed by atoms with Gasteiger partial charge in [-0.05, 0) is 25.8 Å². The van der Waals surface area contributed by atoms with Crippen LogP contribution in [0.2, 0.25) is 0 Å². The number of aliphatic imine (C=N–C) groups is 1. The summed E-state index contributed by atoms with van der Waals surface area (Å²) in [4.78, 5) is 3.89. The minimum atomic E-state index is -1.88. The Morgan fingerprint density at radius 2 is 2.05 bits per heavy atom.